The molecule has 100 valence electrons. The second-order valence-corrected chi connectivity index (χ2v) is 5.76. The van der Waals surface area contributed by atoms with E-state index in [2.05, 4.69) is 51.0 Å². The molecule has 2 unspecified atom stereocenters. The summed E-state index contributed by atoms with van der Waals surface area (Å²) in [5, 5.41) is 12.6. The van der Waals surface area contributed by atoms with Crippen LogP contribution in [0.3, 0.4) is 0 Å². The highest BCUT2D eigenvalue weighted by atomic mass is 15.1. The average Bonchev–Trinajstić information content (AvgIpc) is 2.25. The molecule has 1 N–H and O–H groups in total. The van der Waals surface area contributed by atoms with Crippen molar-refractivity contribution in [3.8, 4) is 6.07 Å². The molecule has 0 aliphatic carbocycles. The molecule has 0 aromatic heterocycles. The van der Waals surface area contributed by atoms with E-state index >= 15 is 0 Å². The predicted octanol–water partition coefficient (Wildman–Crippen LogP) is 2.63. The monoisotopic (exact) mass is 239 g/mol. The minimum Gasteiger partial charge on any atom is -0.303 e. The van der Waals surface area contributed by atoms with Gasteiger partial charge in [-0.3, -0.25) is 5.32 Å². The van der Waals surface area contributed by atoms with Gasteiger partial charge in [0.15, 0.2) is 0 Å². The Bertz CT molecular complexity index is 244. The van der Waals surface area contributed by atoms with E-state index in [1.807, 2.05) is 6.92 Å². The van der Waals surface area contributed by atoms with E-state index in [1.54, 1.807) is 0 Å². The molecule has 0 aromatic rings. The smallest absolute Gasteiger partial charge is 0.105 e. The zero-order valence-corrected chi connectivity index (χ0v) is 12.4. The molecule has 0 aliphatic rings. The van der Waals surface area contributed by atoms with Crippen molar-refractivity contribution in [3.63, 3.8) is 0 Å². The molecule has 0 spiro atoms. The first kappa shape index (κ1) is 16.4. The maximum atomic E-state index is 9.29. The van der Waals surface area contributed by atoms with E-state index in [9.17, 15) is 5.26 Å². The lowest BCUT2D eigenvalue weighted by atomic mass is 9.94. The van der Waals surface area contributed by atoms with Crippen LogP contribution in [0.1, 0.15) is 47.5 Å². The van der Waals surface area contributed by atoms with Gasteiger partial charge in [-0.15, -0.1) is 0 Å². The number of hydrogen-bond acceptors (Lipinski definition) is 3. The first-order chi connectivity index (χ1) is 7.84. The van der Waals surface area contributed by atoms with E-state index in [-0.39, 0.29) is 0 Å². The lowest BCUT2D eigenvalue weighted by Crippen LogP contribution is -2.47. The summed E-state index contributed by atoms with van der Waals surface area (Å²) in [7, 11) is 2.14. The minimum absolute atomic E-state index is 0.402. The van der Waals surface area contributed by atoms with Crippen LogP contribution in [-0.4, -0.2) is 36.6 Å². The van der Waals surface area contributed by atoms with Crippen LogP contribution in [0.15, 0.2) is 0 Å². The van der Waals surface area contributed by atoms with Crippen LogP contribution in [0.4, 0.5) is 0 Å². The molecular weight excluding hydrogens is 210 g/mol. The van der Waals surface area contributed by atoms with Gasteiger partial charge in [0.05, 0.1) is 6.07 Å². The van der Waals surface area contributed by atoms with Crippen LogP contribution < -0.4 is 5.32 Å². The van der Waals surface area contributed by atoms with Crippen molar-refractivity contribution in [3.05, 3.63) is 0 Å². The molecule has 2 atom stereocenters. The van der Waals surface area contributed by atoms with E-state index < -0.39 is 5.54 Å². The Labute approximate surface area is 107 Å². The number of hydrogen-bond donors (Lipinski definition) is 1. The third-order valence-electron chi connectivity index (χ3n) is 3.12. The Morgan fingerprint density at radius 3 is 2.35 bits per heavy atom. The van der Waals surface area contributed by atoms with Gasteiger partial charge in [0, 0.05) is 12.6 Å². The fraction of sp³-hybridized carbons (Fsp3) is 0.929. The van der Waals surface area contributed by atoms with Gasteiger partial charge >= 0.3 is 0 Å². The molecule has 0 saturated carbocycles. The van der Waals surface area contributed by atoms with Crippen molar-refractivity contribution in [1.29, 1.82) is 5.26 Å². The summed E-state index contributed by atoms with van der Waals surface area (Å²) in [6.45, 7) is 12.8. The quantitative estimate of drug-likeness (QED) is 0.708. The number of nitrogens with zero attached hydrogens (tertiary/aromatic N) is 2. The van der Waals surface area contributed by atoms with Gasteiger partial charge in [-0.2, -0.15) is 5.26 Å². The first-order valence-corrected chi connectivity index (χ1v) is 6.71. The highest BCUT2D eigenvalue weighted by Crippen LogP contribution is 2.15. The minimum atomic E-state index is -0.402. The highest BCUT2D eigenvalue weighted by molar-refractivity contribution is 5.05. The van der Waals surface area contributed by atoms with Crippen LogP contribution in [0.2, 0.25) is 0 Å². The van der Waals surface area contributed by atoms with E-state index in [0.29, 0.717) is 12.0 Å². The maximum absolute atomic E-state index is 9.29. The summed E-state index contributed by atoms with van der Waals surface area (Å²) in [6.07, 6.45) is 1.93. The van der Waals surface area contributed by atoms with Gasteiger partial charge in [0.25, 0.3) is 0 Å². The molecule has 3 heteroatoms. The van der Waals surface area contributed by atoms with Crippen molar-refractivity contribution in [2.45, 2.75) is 59.0 Å². The molecule has 0 rings (SSSR count). The van der Waals surface area contributed by atoms with E-state index in [0.717, 1.165) is 25.9 Å². The lowest BCUT2D eigenvalue weighted by Gasteiger charge is -2.32. The topological polar surface area (TPSA) is 39.1 Å². The van der Waals surface area contributed by atoms with Crippen molar-refractivity contribution in [1.82, 2.24) is 10.2 Å². The average molecular weight is 239 g/mol. The Hall–Kier alpha value is -0.590. The zero-order valence-electron chi connectivity index (χ0n) is 12.4. The number of nitriles is 1. The van der Waals surface area contributed by atoms with Gasteiger partial charge in [-0.25, -0.2) is 0 Å². The summed E-state index contributed by atoms with van der Waals surface area (Å²) in [4.78, 5) is 2.34. The van der Waals surface area contributed by atoms with Crippen LogP contribution in [0.5, 0.6) is 0 Å². The normalized spacial score (nSPS) is 16.9. The summed E-state index contributed by atoms with van der Waals surface area (Å²) < 4.78 is 0. The van der Waals surface area contributed by atoms with Gasteiger partial charge in [0.2, 0.25) is 0 Å². The Kier molecular flexibility index (Phi) is 7.41. The van der Waals surface area contributed by atoms with Gasteiger partial charge in [0.1, 0.15) is 5.54 Å². The highest BCUT2D eigenvalue weighted by Gasteiger charge is 2.27. The molecule has 0 radical (unpaired) electrons. The van der Waals surface area contributed by atoms with E-state index in [4.69, 9.17) is 0 Å². The van der Waals surface area contributed by atoms with Crippen LogP contribution in [-0.2, 0) is 0 Å². The fourth-order valence-electron chi connectivity index (χ4n) is 2.06. The molecule has 0 bridgehead atoms. The second kappa shape index (κ2) is 7.68. The Morgan fingerprint density at radius 2 is 1.94 bits per heavy atom. The molecule has 0 aromatic carbocycles. The predicted molar refractivity (Wildman–Crippen MR) is 73.9 cm³/mol. The van der Waals surface area contributed by atoms with Crippen molar-refractivity contribution < 1.29 is 0 Å². The summed E-state index contributed by atoms with van der Waals surface area (Å²) in [5.74, 6) is 0.666. The molecule has 0 amide bonds. The second-order valence-electron chi connectivity index (χ2n) is 5.76. The molecule has 0 fully saturated rings. The van der Waals surface area contributed by atoms with Crippen molar-refractivity contribution in [2.75, 3.05) is 20.1 Å². The largest absolute Gasteiger partial charge is 0.303 e. The van der Waals surface area contributed by atoms with E-state index in [1.165, 1.54) is 0 Å². The summed E-state index contributed by atoms with van der Waals surface area (Å²) >= 11 is 0. The molecule has 17 heavy (non-hydrogen) atoms. The Balaban J connectivity index is 4.31. The van der Waals surface area contributed by atoms with Gasteiger partial charge < -0.3 is 4.90 Å². The third kappa shape index (κ3) is 6.65. The zero-order chi connectivity index (χ0) is 13.5. The van der Waals surface area contributed by atoms with Crippen molar-refractivity contribution in [2.24, 2.45) is 5.92 Å². The fourth-order valence-corrected chi connectivity index (χ4v) is 2.06. The van der Waals surface area contributed by atoms with Crippen LogP contribution >= 0.6 is 0 Å². The molecule has 0 heterocycles. The summed E-state index contributed by atoms with van der Waals surface area (Å²) in [5.41, 5.74) is -0.402. The summed E-state index contributed by atoms with van der Waals surface area (Å²) in [6, 6.07) is 2.84. The lowest BCUT2D eigenvalue weighted by molar-refractivity contribution is 0.194. The standard InChI is InChI=1S/C14H29N3/c1-7-8-16-14(5,11-15)9-13(4)17(6)10-12(2)3/h12-13,16H,7-10H2,1-6H3. The molecule has 0 aliphatic heterocycles. The SMILES string of the molecule is CCCNC(C)(C#N)CC(C)N(C)CC(C)C. The van der Waals surface area contributed by atoms with Gasteiger partial charge in [-0.1, -0.05) is 20.8 Å². The van der Waals surface area contributed by atoms with Crippen LogP contribution in [0.25, 0.3) is 0 Å². The third-order valence-corrected chi connectivity index (χ3v) is 3.12. The van der Waals surface area contributed by atoms with Crippen LogP contribution in [0, 0.1) is 17.2 Å². The molecule has 0 saturated heterocycles. The van der Waals surface area contributed by atoms with Crippen molar-refractivity contribution >= 4 is 0 Å². The Morgan fingerprint density at radius 1 is 1.35 bits per heavy atom. The first-order valence-electron chi connectivity index (χ1n) is 6.71. The number of rotatable bonds is 8. The maximum Gasteiger partial charge on any atom is 0.105 e. The number of nitrogens with one attached hydrogen (secondary N) is 1. The molecule has 3 nitrogen and oxygen atoms in total. The molecular formula is C14H29N3. The van der Waals surface area contributed by atoms with Gasteiger partial charge in [-0.05, 0) is 46.2 Å².